The molecule has 138 valence electrons. The van der Waals surface area contributed by atoms with E-state index in [0.717, 1.165) is 35.9 Å². The van der Waals surface area contributed by atoms with Gasteiger partial charge in [-0.2, -0.15) is 0 Å². The molecule has 6 nitrogen and oxygen atoms in total. The molecule has 6 heteroatoms. The summed E-state index contributed by atoms with van der Waals surface area (Å²) in [4.78, 5) is 26.8. The van der Waals surface area contributed by atoms with Crippen molar-refractivity contribution in [2.24, 2.45) is 0 Å². The van der Waals surface area contributed by atoms with Crippen molar-refractivity contribution in [1.29, 1.82) is 0 Å². The molecule has 1 aromatic heterocycles. The number of esters is 1. The van der Waals surface area contributed by atoms with E-state index in [9.17, 15) is 14.7 Å². The third kappa shape index (κ3) is 2.93. The molecule has 1 N–H and O–H groups in total. The Labute approximate surface area is 152 Å². The molecular formula is C20H24N2O4. The molecule has 1 fully saturated rings. The Kier molecular flexibility index (Phi) is 4.54. The van der Waals surface area contributed by atoms with Gasteiger partial charge in [-0.25, -0.2) is 0 Å². The number of ether oxygens (including phenoxy) is 1. The first-order valence-electron chi connectivity index (χ1n) is 9.22. The zero-order chi connectivity index (χ0) is 18.3. The van der Waals surface area contributed by atoms with Crippen molar-refractivity contribution in [2.75, 3.05) is 13.7 Å². The number of rotatable bonds is 3. The minimum absolute atomic E-state index is 0.0197. The first-order chi connectivity index (χ1) is 12.6. The molecule has 2 aliphatic heterocycles. The van der Waals surface area contributed by atoms with Crippen molar-refractivity contribution in [1.82, 2.24) is 9.47 Å². The Hall–Kier alpha value is -2.18. The summed E-state index contributed by atoms with van der Waals surface area (Å²) in [5, 5.41) is 11.0. The van der Waals surface area contributed by atoms with Gasteiger partial charge in [0.2, 0.25) is 0 Å². The second kappa shape index (κ2) is 6.85. The molecular weight excluding hydrogens is 332 g/mol. The number of methoxy groups -OCH3 is 1. The molecule has 1 aromatic carbocycles. The number of piperidine rings is 1. The second-order valence-electron chi connectivity index (χ2n) is 7.26. The smallest absolute Gasteiger partial charge is 0.323 e. The van der Waals surface area contributed by atoms with Gasteiger partial charge in [0.05, 0.1) is 18.7 Å². The predicted molar refractivity (Wildman–Crippen MR) is 98.0 cm³/mol. The molecule has 2 aromatic rings. The Balaban J connectivity index is 1.75. The zero-order valence-electron chi connectivity index (χ0n) is 15.0. The second-order valence-corrected chi connectivity index (χ2v) is 7.26. The van der Waals surface area contributed by atoms with Gasteiger partial charge in [0.1, 0.15) is 6.04 Å². The van der Waals surface area contributed by atoms with E-state index in [1.807, 2.05) is 15.5 Å². The maximum atomic E-state index is 12.6. The lowest BCUT2D eigenvalue weighted by Gasteiger charge is -2.36. The predicted octanol–water partition coefficient (Wildman–Crippen LogP) is 1.45. The summed E-state index contributed by atoms with van der Waals surface area (Å²) in [6, 6.07) is 7.42. The van der Waals surface area contributed by atoms with Gasteiger partial charge in [0.15, 0.2) is 0 Å². The number of pyridine rings is 1. The van der Waals surface area contributed by atoms with E-state index in [1.165, 1.54) is 12.7 Å². The molecule has 0 amide bonds. The Morgan fingerprint density at radius 3 is 3.00 bits per heavy atom. The van der Waals surface area contributed by atoms with Crippen LogP contribution in [0.3, 0.4) is 0 Å². The molecule has 0 bridgehead atoms. The average Bonchev–Trinajstić information content (AvgIpc) is 2.66. The first kappa shape index (κ1) is 17.2. The normalized spacial score (nSPS) is 23.2. The number of aliphatic hydroxyl groups excluding tert-OH is 1. The molecule has 2 aliphatic rings. The Morgan fingerprint density at radius 1 is 1.35 bits per heavy atom. The highest BCUT2D eigenvalue weighted by Gasteiger charge is 2.34. The van der Waals surface area contributed by atoms with E-state index in [-0.39, 0.29) is 11.5 Å². The quantitative estimate of drug-likeness (QED) is 0.843. The van der Waals surface area contributed by atoms with Crippen LogP contribution in [0.25, 0.3) is 10.9 Å². The lowest BCUT2D eigenvalue weighted by Crippen LogP contribution is -2.48. The van der Waals surface area contributed by atoms with Crippen molar-refractivity contribution in [3.63, 3.8) is 0 Å². The number of likely N-dealkylation sites (tertiary alicyclic amines) is 1. The van der Waals surface area contributed by atoms with Crippen molar-refractivity contribution in [3.8, 4) is 0 Å². The van der Waals surface area contributed by atoms with Crippen LogP contribution in [0.4, 0.5) is 0 Å². The van der Waals surface area contributed by atoms with E-state index in [2.05, 4.69) is 12.1 Å². The standard InChI is InChI=1S/C20H24N2O4/c1-26-20(25)17-11-15(23)7-9-21(17)12-14-10-18(24)22-8-3-5-13-4-2-6-16(14)19(13)22/h2,4,6,10,15,17,23H,3,5,7-9,11-12H2,1H3/t15-,17+/m1/s1. The van der Waals surface area contributed by atoms with Gasteiger partial charge in [-0.05, 0) is 36.8 Å². The van der Waals surface area contributed by atoms with Crippen molar-refractivity contribution in [3.05, 3.63) is 45.7 Å². The van der Waals surface area contributed by atoms with Crippen molar-refractivity contribution < 1.29 is 14.6 Å². The number of carbonyl (C=O) groups excluding carboxylic acids is 1. The van der Waals surface area contributed by atoms with Gasteiger partial charge in [-0.1, -0.05) is 18.2 Å². The molecule has 0 saturated carbocycles. The largest absolute Gasteiger partial charge is 0.468 e. The number of para-hydroxylation sites is 1. The average molecular weight is 356 g/mol. The van der Waals surface area contributed by atoms with Gasteiger partial charge in [-0.3, -0.25) is 14.5 Å². The van der Waals surface area contributed by atoms with Crippen LogP contribution in [-0.2, 0) is 29.0 Å². The highest BCUT2D eigenvalue weighted by Crippen LogP contribution is 2.28. The van der Waals surface area contributed by atoms with Crippen LogP contribution in [-0.4, -0.2) is 46.3 Å². The van der Waals surface area contributed by atoms with E-state index in [0.29, 0.717) is 25.9 Å². The topological polar surface area (TPSA) is 71.8 Å². The summed E-state index contributed by atoms with van der Waals surface area (Å²) < 4.78 is 6.79. The van der Waals surface area contributed by atoms with Gasteiger partial charge in [0, 0.05) is 31.1 Å². The zero-order valence-corrected chi connectivity index (χ0v) is 15.0. The number of hydrogen-bond donors (Lipinski definition) is 1. The third-order valence-corrected chi connectivity index (χ3v) is 5.66. The van der Waals surface area contributed by atoms with E-state index >= 15 is 0 Å². The number of benzene rings is 1. The highest BCUT2D eigenvalue weighted by molar-refractivity contribution is 5.86. The maximum absolute atomic E-state index is 12.6. The van der Waals surface area contributed by atoms with E-state index < -0.39 is 12.1 Å². The summed E-state index contributed by atoms with van der Waals surface area (Å²) in [5.41, 5.74) is 3.21. The summed E-state index contributed by atoms with van der Waals surface area (Å²) in [7, 11) is 1.37. The number of aliphatic hydroxyl groups is 1. The minimum Gasteiger partial charge on any atom is -0.468 e. The number of aryl methyl sites for hydroxylation is 2. The number of aromatic nitrogens is 1. The molecule has 26 heavy (non-hydrogen) atoms. The van der Waals surface area contributed by atoms with Crippen LogP contribution in [0, 0.1) is 0 Å². The van der Waals surface area contributed by atoms with Crippen LogP contribution < -0.4 is 5.56 Å². The fraction of sp³-hybridized carbons (Fsp3) is 0.500. The lowest BCUT2D eigenvalue weighted by atomic mass is 9.96. The van der Waals surface area contributed by atoms with Crippen LogP contribution in [0.2, 0.25) is 0 Å². The number of nitrogens with zero attached hydrogens (tertiary/aromatic N) is 2. The summed E-state index contributed by atoms with van der Waals surface area (Å²) in [5.74, 6) is -0.330. The van der Waals surface area contributed by atoms with Crippen LogP contribution in [0.5, 0.6) is 0 Å². The lowest BCUT2D eigenvalue weighted by molar-refractivity contribution is -0.150. The van der Waals surface area contributed by atoms with E-state index in [4.69, 9.17) is 4.74 Å². The van der Waals surface area contributed by atoms with Crippen LogP contribution in [0.1, 0.15) is 30.4 Å². The molecule has 3 heterocycles. The maximum Gasteiger partial charge on any atom is 0.323 e. The summed E-state index contributed by atoms with van der Waals surface area (Å²) >= 11 is 0. The first-order valence-corrected chi connectivity index (χ1v) is 9.22. The van der Waals surface area contributed by atoms with Crippen molar-refractivity contribution in [2.45, 2.75) is 50.9 Å². The fourth-order valence-electron chi connectivity index (χ4n) is 4.35. The molecule has 4 rings (SSSR count). The van der Waals surface area contributed by atoms with Crippen LogP contribution >= 0.6 is 0 Å². The van der Waals surface area contributed by atoms with E-state index in [1.54, 1.807) is 6.07 Å². The van der Waals surface area contributed by atoms with Gasteiger partial charge >= 0.3 is 5.97 Å². The van der Waals surface area contributed by atoms with Gasteiger partial charge in [-0.15, -0.1) is 0 Å². The summed E-state index contributed by atoms with van der Waals surface area (Å²) in [6.07, 6.45) is 2.47. The molecule has 0 radical (unpaired) electrons. The molecule has 2 atom stereocenters. The molecule has 0 unspecified atom stereocenters. The minimum atomic E-state index is -0.489. The molecule has 1 saturated heterocycles. The monoisotopic (exact) mass is 356 g/mol. The Bertz CT molecular complexity index is 905. The van der Waals surface area contributed by atoms with Crippen LogP contribution in [0.15, 0.2) is 29.1 Å². The van der Waals surface area contributed by atoms with Gasteiger partial charge in [0.25, 0.3) is 5.56 Å². The van der Waals surface area contributed by atoms with Gasteiger partial charge < -0.3 is 14.4 Å². The van der Waals surface area contributed by atoms with Crippen molar-refractivity contribution >= 4 is 16.9 Å². The molecule has 0 spiro atoms. The number of hydrogen-bond acceptors (Lipinski definition) is 5. The summed E-state index contributed by atoms with van der Waals surface area (Å²) in [6.45, 7) is 1.86. The fourth-order valence-corrected chi connectivity index (χ4v) is 4.35. The Morgan fingerprint density at radius 2 is 2.19 bits per heavy atom. The molecule has 0 aliphatic carbocycles. The highest BCUT2D eigenvalue weighted by atomic mass is 16.5. The number of carbonyl (C=O) groups is 1. The SMILES string of the molecule is COC(=O)[C@@H]1C[C@H](O)CCN1Cc1cc(=O)n2c3c(cccc13)CCC2. The third-order valence-electron chi connectivity index (χ3n) is 5.66.